The number of benzene rings is 2. The van der Waals surface area contributed by atoms with E-state index < -0.39 is 0 Å². The molecule has 0 amide bonds. The maximum absolute atomic E-state index is 11.9. The van der Waals surface area contributed by atoms with Crippen molar-refractivity contribution in [2.45, 2.75) is 0 Å². The summed E-state index contributed by atoms with van der Waals surface area (Å²) in [5.41, 5.74) is 5.23. The van der Waals surface area contributed by atoms with Crippen molar-refractivity contribution < 1.29 is 0 Å². The van der Waals surface area contributed by atoms with Crippen molar-refractivity contribution in [3.05, 3.63) is 70.1 Å². The predicted molar refractivity (Wildman–Crippen MR) is 84.7 cm³/mol. The van der Waals surface area contributed by atoms with Crippen molar-refractivity contribution >= 4 is 22.9 Å². The first-order valence-corrected chi connectivity index (χ1v) is 6.54. The lowest BCUT2D eigenvalue weighted by Crippen LogP contribution is -2.15. The molecule has 6 nitrogen and oxygen atoms in total. The molecule has 22 heavy (non-hydrogen) atoms. The number of rotatable bonds is 3. The quantitative estimate of drug-likeness (QED) is 0.571. The first-order valence-electron chi connectivity index (χ1n) is 6.54. The van der Waals surface area contributed by atoms with Crippen LogP contribution in [0.5, 0.6) is 0 Å². The molecule has 2 N–H and O–H groups in total. The Kier molecular flexibility index (Phi) is 3.62. The minimum atomic E-state index is -0.310. The molecular formula is C16H11N5O. The summed E-state index contributed by atoms with van der Waals surface area (Å²) in [6.07, 6.45) is 1.35. The lowest BCUT2D eigenvalue weighted by atomic mass is 10.2. The van der Waals surface area contributed by atoms with Gasteiger partial charge in [0.05, 0.1) is 34.6 Å². The smallest absolute Gasteiger partial charge is 0.276 e. The molecule has 0 fully saturated rings. The van der Waals surface area contributed by atoms with Gasteiger partial charge < -0.3 is 4.98 Å². The van der Waals surface area contributed by atoms with Crippen LogP contribution in [0.4, 0.5) is 5.69 Å². The van der Waals surface area contributed by atoms with Crippen LogP contribution in [0, 0.1) is 11.3 Å². The summed E-state index contributed by atoms with van der Waals surface area (Å²) in [4.78, 5) is 18.9. The zero-order valence-electron chi connectivity index (χ0n) is 11.4. The third kappa shape index (κ3) is 2.83. The van der Waals surface area contributed by atoms with Crippen molar-refractivity contribution in [3.8, 4) is 6.07 Å². The van der Waals surface area contributed by atoms with Gasteiger partial charge in [-0.05, 0) is 30.3 Å². The molecule has 0 aliphatic rings. The van der Waals surface area contributed by atoms with E-state index in [1.54, 1.807) is 30.3 Å². The number of nitrogens with zero attached hydrogens (tertiary/aromatic N) is 3. The van der Waals surface area contributed by atoms with E-state index in [4.69, 9.17) is 5.26 Å². The molecule has 6 heteroatoms. The number of nitriles is 1. The first-order chi connectivity index (χ1) is 10.8. The van der Waals surface area contributed by atoms with E-state index >= 15 is 0 Å². The molecule has 1 heterocycles. The van der Waals surface area contributed by atoms with Crippen LogP contribution in [0.15, 0.2) is 58.4 Å². The zero-order valence-corrected chi connectivity index (χ0v) is 11.4. The number of H-pyrrole nitrogens is 1. The Bertz CT molecular complexity index is 952. The van der Waals surface area contributed by atoms with E-state index in [-0.39, 0.29) is 11.3 Å². The third-order valence-electron chi connectivity index (χ3n) is 3.00. The van der Waals surface area contributed by atoms with Crippen molar-refractivity contribution in [1.82, 2.24) is 9.97 Å². The van der Waals surface area contributed by atoms with E-state index in [0.717, 1.165) is 0 Å². The fraction of sp³-hybridized carbons (Fsp3) is 0. The number of hydrogen-bond acceptors (Lipinski definition) is 5. The lowest BCUT2D eigenvalue weighted by molar-refractivity contribution is 1.19. The molecule has 0 saturated carbocycles. The fourth-order valence-electron chi connectivity index (χ4n) is 1.96. The summed E-state index contributed by atoms with van der Waals surface area (Å²) in [6.45, 7) is 0. The van der Waals surface area contributed by atoms with Gasteiger partial charge in [-0.2, -0.15) is 10.4 Å². The van der Waals surface area contributed by atoms with Gasteiger partial charge in [-0.3, -0.25) is 10.2 Å². The average molecular weight is 289 g/mol. The Morgan fingerprint density at radius 2 is 2.09 bits per heavy atom. The van der Waals surface area contributed by atoms with E-state index in [1.165, 1.54) is 6.21 Å². The Morgan fingerprint density at radius 3 is 2.95 bits per heavy atom. The predicted octanol–water partition coefficient (Wildman–Crippen LogP) is 2.24. The number of fused-ring (bicyclic) bond motifs is 1. The Hall–Kier alpha value is -3.46. The van der Waals surface area contributed by atoms with Gasteiger partial charge in [0.15, 0.2) is 0 Å². The Labute approximate surface area is 125 Å². The molecule has 0 unspecified atom stereocenters. The molecule has 0 radical (unpaired) electrons. The minimum absolute atomic E-state index is 0.211. The van der Waals surface area contributed by atoms with Gasteiger partial charge in [0, 0.05) is 0 Å². The number of hydrazone groups is 1. The number of hydrogen-bond donors (Lipinski definition) is 2. The minimum Gasteiger partial charge on any atom is -0.319 e. The highest BCUT2D eigenvalue weighted by Gasteiger charge is 2.01. The van der Waals surface area contributed by atoms with Gasteiger partial charge >= 0.3 is 0 Å². The summed E-state index contributed by atoms with van der Waals surface area (Å²) in [5.74, 6) is 0. The third-order valence-corrected chi connectivity index (χ3v) is 3.00. The molecule has 2 aromatic carbocycles. The zero-order chi connectivity index (χ0) is 15.4. The summed E-state index contributed by atoms with van der Waals surface area (Å²) < 4.78 is 0. The molecule has 1 aromatic heterocycles. The highest BCUT2D eigenvalue weighted by Crippen LogP contribution is 2.09. The van der Waals surface area contributed by atoms with Gasteiger partial charge in [0.25, 0.3) is 5.56 Å². The SMILES string of the molecule is N#Cc1cccc(N/N=C/c2nc3ccccc3[nH]c2=O)c1. The highest BCUT2D eigenvalue weighted by molar-refractivity contribution is 5.82. The molecule has 0 aliphatic heterocycles. The van der Waals surface area contributed by atoms with Gasteiger partial charge in [0.2, 0.25) is 0 Å². The molecule has 0 atom stereocenters. The van der Waals surface area contributed by atoms with Crippen LogP contribution in [0.25, 0.3) is 11.0 Å². The second-order valence-corrected chi connectivity index (χ2v) is 4.53. The maximum atomic E-state index is 11.9. The first kappa shape index (κ1) is 13.5. The summed E-state index contributed by atoms with van der Waals surface area (Å²) in [5, 5.41) is 12.8. The van der Waals surface area contributed by atoms with Crippen LogP contribution in [0.1, 0.15) is 11.3 Å². The van der Waals surface area contributed by atoms with Gasteiger partial charge in [-0.25, -0.2) is 4.98 Å². The van der Waals surface area contributed by atoms with Crippen molar-refractivity contribution in [2.75, 3.05) is 5.43 Å². The number of nitrogens with one attached hydrogen (secondary N) is 2. The van der Waals surface area contributed by atoms with Gasteiger partial charge in [-0.1, -0.05) is 18.2 Å². The maximum Gasteiger partial charge on any atom is 0.276 e. The van der Waals surface area contributed by atoms with Crippen LogP contribution in [0.2, 0.25) is 0 Å². The van der Waals surface area contributed by atoms with E-state index in [1.807, 2.05) is 24.3 Å². The van der Waals surface area contributed by atoms with Crippen LogP contribution >= 0.6 is 0 Å². The summed E-state index contributed by atoms with van der Waals surface area (Å²) >= 11 is 0. The van der Waals surface area contributed by atoms with Crippen LogP contribution in [-0.2, 0) is 0 Å². The molecule has 0 aliphatic carbocycles. The van der Waals surface area contributed by atoms with Gasteiger partial charge in [-0.15, -0.1) is 0 Å². The lowest BCUT2D eigenvalue weighted by Gasteiger charge is -2.00. The monoisotopic (exact) mass is 289 g/mol. The standard InChI is InChI=1S/C16H11N5O/c17-9-11-4-3-5-12(8-11)21-18-10-15-16(22)20-14-7-2-1-6-13(14)19-15/h1-8,10,21H,(H,20,22)/b18-10+. The average Bonchev–Trinajstić information content (AvgIpc) is 2.55. The normalized spacial score (nSPS) is 10.7. The molecule has 0 bridgehead atoms. The molecule has 3 aromatic rings. The number of para-hydroxylation sites is 2. The second kappa shape index (κ2) is 5.89. The molecule has 0 spiro atoms. The summed E-state index contributed by atoms with van der Waals surface area (Å²) in [7, 11) is 0. The van der Waals surface area contributed by atoms with Crippen LogP contribution in [-0.4, -0.2) is 16.2 Å². The number of anilines is 1. The summed E-state index contributed by atoms with van der Waals surface area (Å²) in [6, 6.07) is 16.2. The Morgan fingerprint density at radius 1 is 1.23 bits per heavy atom. The van der Waals surface area contributed by atoms with Crippen molar-refractivity contribution in [1.29, 1.82) is 5.26 Å². The molecule has 3 rings (SSSR count). The van der Waals surface area contributed by atoms with E-state index in [0.29, 0.717) is 22.3 Å². The molecule has 0 saturated heterocycles. The van der Waals surface area contributed by atoms with Gasteiger partial charge in [0.1, 0.15) is 5.69 Å². The second-order valence-electron chi connectivity index (χ2n) is 4.53. The van der Waals surface area contributed by atoms with Crippen LogP contribution in [0.3, 0.4) is 0 Å². The van der Waals surface area contributed by atoms with Crippen LogP contribution < -0.4 is 11.0 Å². The molecule has 106 valence electrons. The fourth-order valence-corrected chi connectivity index (χ4v) is 1.96. The van der Waals surface area contributed by atoms with E-state index in [9.17, 15) is 4.79 Å². The molecular weight excluding hydrogens is 278 g/mol. The van der Waals surface area contributed by atoms with Crippen molar-refractivity contribution in [3.63, 3.8) is 0 Å². The van der Waals surface area contributed by atoms with Crippen molar-refractivity contribution in [2.24, 2.45) is 5.10 Å². The highest BCUT2D eigenvalue weighted by atomic mass is 16.1. The number of aromatic nitrogens is 2. The largest absolute Gasteiger partial charge is 0.319 e. The topological polar surface area (TPSA) is 93.9 Å². The van der Waals surface area contributed by atoms with E-state index in [2.05, 4.69) is 20.5 Å². The number of aromatic amines is 1. The Balaban J connectivity index is 1.85.